The number of nitro groups is 1. The van der Waals surface area contributed by atoms with Crippen molar-refractivity contribution in [3.63, 3.8) is 0 Å². The Labute approximate surface area is 117 Å². The molecule has 2 aromatic rings. The molecule has 9 nitrogen and oxygen atoms in total. The van der Waals surface area contributed by atoms with Gasteiger partial charge < -0.3 is 10.2 Å². The van der Waals surface area contributed by atoms with Gasteiger partial charge in [-0.1, -0.05) is 0 Å². The first-order valence-corrected chi connectivity index (χ1v) is 5.47. The summed E-state index contributed by atoms with van der Waals surface area (Å²) in [5, 5.41) is 38.7. The molecule has 0 aliphatic heterocycles. The monoisotopic (exact) mass is 285 g/mol. The molecule has 104 valence electrons. The predicted molar refractivity (Wildman–Crippen MR) is 69.7 cm³/mol. The topological polar surface area (TPSA) is 146 Å². The van der Waals surface area contributed by atoms with Crippen molar-refractivity contribution < 1.29 is 15.1 Å². The molecule has 21 heavy (non-hydrogen) atoms. The van der Waals surface area contributed by atoms with Gasteiger partial charge in [-0.15, -0.1) is 0 Å². The first kappa shape index (κ1) is 13.9. The van der Waals surface area contributed by atoms with Crippen LogP contribution in [0.1, 0.15) is 11.4 Å². The van der Waals surface area contributed by atoms with E-state index in [1.165, 1.54) is 18.7 Å². The molecule has 9 heteroatoms. The van der Waals surface area contributed by atoms with Crippen molar-refractivity contribution in [2.75, 3.05) is 0 Å². The van der Waals surface area contributed by atoms with Gasteiger partial charge in [0.15, 0.2) is 11.6 Å². The van der Waals surface area contributed by atoms with Crippen molar-refractivity contribution in [3.05, 3.63) is 46.3 Å². The Morgan fingerprint density at radius 2 is 2.00 bits per heavy atom. The van der Waals surface area contributed by atoms with Crippen LogP contribution in [0.4, 0.5) is 5.69 Å². The molecule has 1 aromatic carbocycles. The van der Waals surface area contributed by atoms with Gasteiger partial charge in [0.05, 0.1) is 10.5 Å². The van der Waals surface area contributed by atoms with Crippen LogP contribution in [0.2, 0.25) is 0 Å². The molecule has 0 unspecified atom stereocenters. The van der Waals surface area contributed by atoms with Crippen LogP contribution < -0.4 is 0 Å². The van der Waals surface area contributed by atoms with Gasteiger partial charge in [-0.2, -0.15) is 5.26 Å². The Hall–Kier alpha value is -3.54. The van der Waals surface area contributed by atoms with Crippen molar-refractivity contribution in [1.82, 2.24) is 15.0 Å². The summed E-state index contributed by atoms with van der Waals surface area (Å²) in [6.07, 6.45) is 3.65. The SMILES string of the molecule is N#C/C(=C\c1cc(O)c(O)c([N+](=O)[O-])c1)c1ncncn1. The number of nitro benzene ring substituents is 1. The second-order valence-corrected chi connectivity index (χ2v) is 3.80. The zero-order valence-electron chi connectivity index (χ0n) is 10.3. The number of nitrogens with zero attached hydrogens (tertiary/aromatic N) is 5. The average Bonchev–Trinajstić information content (AvgIpc) is 2.48. The Bertz CT molecular complexity index is 767. The molecule has 1 heterocycles. The Morgan fingerprint density at radius 1 is 1.33 bits per heavy atom. The number of phenolic OH excluding ortho intramolecular Hbond substituents is 2. The van der Waals surface area contributed by atoms with E-state index in [9.17, 15) is 20.3 Å². The van der Waals surface area contributed by atoms with E-state index in [1.54, 1.807) is 0 Å². The van der Waals surface area contributed by atoms with Gasteiger partial charge in [0, 0.05) is 6.07 Å². The van der Waals surface area contributed by atoms with E-state index >= 15 is 0 Å². The second kappa shape index (κ2) is 5.62. The molecule has 0 fully saturated rings. The maximum Gasteiger partial charge on any atom is 0.315 e. The third-order valence-electron chi connectivity index (χ3n) is 2.45. The standard InChI is InChI=1S/C12H7N5O4/c13-4-8(12-15-5-14-6-16-12)1-7-2-9(17(20)21)11(19)10(18)3-7/h1-3,5-6,18-19H/b8-1+. The molecular formula is C12H7N5O4. The van der Waals surface area contributed by atoms with Crippen LogP contribution in [0.25, 0.3) is 11.6 Å². The predicted octanol–water partition coefficient (Wildman–Crippen LogP) is 1.26. The molecular weight excluding hydrogens is 278 g/mol. The molecule has 2 N–H and O–H groups in total. The van der Waals surface area contributed by atoms with Crippen molar-refractivity contribution in [2.24, 2.45) is 0 Å². The van der Waals surface area contributed by atoms with E-state index in [1.807, 2.05) is 6.07 Å². The lowest BCUT2D eigenvalue weighted by Crippen LogP contribution is -1.93. The Balaban J connectivity index is 2.54. The summed E-state index contributed by atoms with van der Waals surface area (Å²) in [6.45, 7) is 0. The van der Waals surface area contributed by atoms with E-state index in [0.29, 0.717) is 0 Å². The zero-order valence-corrected chi connectivity index (χ0v) is 10.3. The van der Waals surface area contributed by atoms with E-state index in [2.05, 4.69) is 15.0 Å². The summed E-state index contributed by atoms with van der Waals surface area (Å²) in [4.78, 5) is 21.1. The van der Waals surface area contributed by atoms with Crippen LogP contribution in [0.5, 0.6) is 11.5 Å². The fraction of sp³-hybridized carbons (Fsp3) is 0. The van der Waals surface area contributed by atoms with Crippen molar-refractivity contribution in [3.8, 4) is 17.6 Å². The summed E-state index contributed by atoms with van der Waals surface area (Å²) in [5.41, 5.74) is -0.500. The van der Waals surface area contributed by atoms with E-state index in [0.717, 1.165) is 12.1 Å². The van der Waals surface area contributed by atoms with Crippen LogP contribution in [0, 0.1) is 21.4 Å². The maximum atomic E-state index is 10.8. The first-order chi connectivity index (χ1) is 10.0. The molecule has 1 aromatic heterocycles. The first-order valence-electron chi connectivity index (χ1n) is 5.47. The number of aromatic nitrogens is 3. The lowest BCUT2D eigenvalue weighted by Gasteiger charge is -2.02. The number of aromatic hydroxyl groups is 2. The normalized spacial score (nSPS) is 10.9. The zero-order chi connectivity index (χ0) is 15.4. The molecule has 0 amide bonds. The van der Waals surface area contributed by atoms with Gasteiger partial charge in [-0.3, -0.25) is 10.1 Å². The summed E-state index contributed by atoms with van der Waals surface area (Å²) >= 11 is 0. The minimum absolute atomic E-state index is 0.0248. The molecule has 2 rings (SSSR count). The summed E-state index contributed by atoms with van der Waals surface area (Å²) in [5.74, 6) is -1.41. The third kappa shape index (κ3) is 2.90. The van der Waals surface area contributed by atoms with Crippen LogP contribution in [-0.2, 0) is 0 Å². The van der Waals surface area contributed by atoms with Crippen LogP contribution >= 0.6 is 0 Å². The summed E-state index contributed by atoms with van der Waals surface area (Å²) in [6, 6.07) is 3.95. The van der Waals surface area contributed by atoms with Gasteiger partial charge in [0.1, 0.15) is 18.7 Å². The number of nitriles is 1. The minimum atomic E-state index is -0.846. The number of hydrogen-bond acceptors (Lipinski definition) is 8. The van der Waals surface area contributed by atoms with Crippen molar-refractivity contribution in [2.45, 2.75) is 0 Å². The van der Waals surface area contributed by atoms with Crippen LogP contribution in [-0.4, -0.2) is 30.1 Å². The minimum Gasteiger partial charge on any atom is -0.504 e. The van der Waals surface area contributed by atoms with E-state index in [-0.39, 0.29) is 17.0 Å². The molecule has 0 bridgehead atoms. The highest BCUT2D eigenvalue weighted by atomic mass is 16.6. The average molecular weight is 285 g/mol. The smallest absolute Gasteiger partial charge is 0.315 e. The largest absolute Gasteiger partial charge is 0.504 e. The highest BCUT2D eigenvalue weighted by molar-refractivity contribution is 5.87. The highest BCUT2D eigenvalue weighted by Gasteiger charge is 2.18. The molecule has 0 radical (unpaired) electrons. The molecule has 0 aliphatic rings. The van der Waals surface area contributed by atoms with Gasteiger partial charge in [0.25, 0.3) is 0 Å². The lowest BCUT2D eigenvalue weighted by molar-refractivity contribution is -0.386. The molecule has 0 saturated heterocycles. The van der Waals surface area contributed by atoms with Gasteiger partial charge >= 0.3 is 5.69 Å². The number of benzene rings is 1. The van der Waals surface area contributed by atoms with Gasteiger partial charge in [-0.25, -0.2) is 15.0 Å². The number of rotatable bonds is 3. The molecule has 0 atom stereocenters. The van der Waals surface area contributed by atoms with E-state index in [4.69, 9.17) is 5.26 Å². The maximum absolute atomic E-state index is 10.8. The summed E-state index contributed by atoms with van der Waals surface area (Å²) < 4.78 is 0. The summed E-state index contributed by atoms with van der Waals surface area (Å²) in [7, 11) is 0. The van der Waals surface area contributed by atoms with Gasteiger partial charge in [0.2, 0.25) is 5.75 Å². The highest BCUT2D eigenvalue weighted by Crippen LogP contribution is 2.36. The molecule has 0 saturated carbocycles. The number of allylic oxidation sites excluding steroid dienone is 1. The fourth-order valence-corrected chi connectivity index (χ4v) is 1.54. The Kier molecular flexibility index (Phi) is 3.71. The molecule has 0 aliphatic carbocycles. The van der Waals surface area contributed by atoms with Crippen LogP contribution in [0.3, 0.4) is 0 Å². The fourth-order valence-electron chi connectivity index (χ4n) is 1.54. The van der Waals surface area contributed by atoms with Crippen LogP contribution in [0.15, 0.2) is 24.8 Å². The quantitative estimate of drug-likeness (QED) is 0.370. The Morgan fingerprint density at radius 3 is 2.57 bits per heavy atom. The molecule has 0 spiro atoms. The number of hydrogen-bond donors (Lipinski definition) is 2. The van der Waals surface area contributed by atoms with Crippen molar-refractivity contribution >= 4 is 17.3 Å². The number of phenols is 2. The van der Waals surface area contributed by atoms with Crippen molar-refractivity contribution in [1.29, 1.82) is 5.26 Å². The third-order valence-corrected chi connectivity index (χ3v) is 2.45. The van der Waals surface area contributed by atoms with E-state index < -0.39 is 22.1 Å². The second-order valence-electron chi connectivity index (χ2n) is 3.80. The lowest BCUT2D eigenvalue weighted by atomic mass is 10.1. The van der Waals surface area contributed by atoms with Gasteiger partial charge in [-0.05, 0) is 17.7 Å².